The van der Waals surface area contributed by atoms with Gasteiger partial charge < -0.3 is 16.0 Å². The van der Waals surface area contributed by atoms with E-state index in [4.69, 9.17) is 5.73 Å². The van der Waals surface area contributed by atoms with Crippen molar-refractivity contribution in [2.45, 2.75) is 26.7 Å². The highest BCUT2D eigenvalue weighted by Gasteiger charge is 2.20. The normalized spacial score (nSPS) is 14.5. The number of hydrogen-bond acceptors (Lipinski definition) is 6. The Labute approximate surface area is 183 Å². The van der Waals surface area contributed by atoms with Crippen LogP contribution in [-0.2, 0) is 0 Å². The number of aryl methyl sites for hydroxylation is 2. The average Bonchev–Trinajstić information content (AvgIpc) is 2.75. The smallest absolute Gasteiger partial charge is 0.293 e. The van der Waals surface area contributed by atoms with E-state index in [1.165, 1.54) is 17.3 Å². The van der Waals surface area contributed by atoms with Crippen molar-refractivity contribution in [3.8, 4) is 0 Å². The molecule has 8 heteroatoms. The van der Waals surface area contributed by atoms with E-state index in [2.05, 4.69) is 46.3 Å². The zero-order chi connectivity index (χ0) is 22.4. The molecule has 3 rings (SSSR count). The first-order valence-corrected chi connectivity index (χ1v) is 10.7. The van der Waals surface area contributed by atoms with Crippen LogP contribution in [0.2, 0.25) is 0 Å². The molecule has 0 spiro atoms. The van der Waals surface area contributed by atoms with Crippen molar-refractivity contribution < 1.29 is 9.72 Å². The molecule has 31 heavy (non-hydrogen) atoms. The molecule has 0 bridgehead atoms. The Hall–Kier alpha value is -3.13. The molecule has 0 atom stereocenters. The molecule has 8 nitrogen and oxygen atoms in total. The zero-order valence-corrected chi connectivity index (χ0v) is 18.3. The number of piperazine rings is 1. The van der Waals surface area contributed by atoms with Gasteiger partial charge in [0.2, 0.25) is 0 Å². The number of rotatable bonds is 8. The number of carbonyl (C=O) groups excluding carboxylic acids is 1. The number of nitrogens with one attached hydrogen (secondary N) is 1. The summed E-state index contributed by atoms with van der Waals surface area (Å²) in [5, 5.41) is 13.9. The number of nitro groups is 1. The lowest BCUT2D eigenvalue weighted by molar-refractivity contribution is -0.384. The van der Waals surface area contributed by atoms with Crippen molar-refractivity contribution in [2.75, 3.05) is 49.9 Å². The third-order valence-electron chi connectivity index (χ3n) is 5.67. The number of benzene rings is 2. The Morgan fingerprint density at radius 3 is 2.52 bits per heavy atom. The molecule has 0 aliphatic carbocycles. The second kappa shape index (κ2) is 10.3. The molecule has 1 amide bonds. The molecular weight excluding hydrogens is 394 g/mol. The van der Waals surface area contributed by atoms with E-state index < -0.39 is 4.92 Å². The van der Waals surface area contributed by atoms with Gasteiger partial charge in [0.05, 0.1) is 10.5 Å². The fraction of sp³-hybridized carbons (Fsp3) is 0.435. The van der Waals surface area contributed by atoms with Crippen LogP contribution in [0.5, 0.6) is 0 Å². The van der Waals surface area contributed by atoms with Gasteiger partial charge in [-0.15, -0.1) is 0 Å². The third kappa shape index (κ3) is 5.95. The van der Waals surface area contributed by atoms with Crippen LogP contribution in [-0.4, -0.2) is 55.0 Å². The maximum absolute atomic E-state index is 12.4. The van der Waals surface area contributed by atoms with Gasteiger partial charge in [-0.2, -0.15) is 0 Å². The van der Waals surface area contributed by atoms with Crippen LogP contribution in [0.4, 0.5) is 17.1 Å². The monoisotopic (exact) mass is 425 g/mol. The fourth-order valence-electron chi connectivity index (χ4n) is 3.93. The van der Waals surface area contributed by atoms with Crippen molar-refractivity contribution in [3.05, 3.63) is 63.2 Å². The standard InChI is InChI=1S/C23H31N5O3/c1-17-6-5-7-19(14-17)27-12-10-26(11-13-27)9-4-3-8-25-23(29)20-15-18(2)16-21(22(20)24)28(30)31/h5-7,14-16H,3-4,8-13,24H2,1-2H3,(H,25,29). The number of amides is 1. The summed E-state index contributed by atoms with van der Waals surface area (Å²) in [6, 6.07) is 11.6. The minimum Gasteiger partial charge on any atom is -0.393 e. The Morgan fingerprint density at radius 2 is 1.84 bits per heavy atom. The number of nitrogen functional groups attached to an aromatic ring is 1. The zero-order valence-electron chi connectivity index (χ0n) is 18.3. The molecule has 0 radical (unpaired) electrons. The highest BCUT2D eigenvalue weighted by atomic mass is 16.6. The van der Waals surface area contributed by atoms with Crippen LogP contribution in [0, 0.1) is 24.0 Å². The predicted molar refractivity (Wildman–Crippen MR) is 124 cm³/mol. The molecule has 1 aliphatic heterocycles. The molecule has 1 fully saturated rings. The number of unbranched alkanes of at least 4 members (excludes halogenated alkanes) is 1. The van der Waals surface area contributed by atoms with Gasteiger partial charge in [0, 0.05) is 44.5 Å². The maximum Gasteiger partial charge on any atom is 0.293 e. The second-order valence-electron chi connectivity index (χ2n) is 8.13. The lowest BCUT2D eigenvalue weighted by Crippen LogP contribution is -2.46. The number of anilines is 2. The molecule has 1 heterocycles. The van der Waals surface area contributed by atoms with E-state index in [-0.39, 0.29) is 22.8 Å². The van der Waals surface area contributed by atoms with Crippen LogP contribution >= 0.6 is 0 Å². The summed E-state index contributed by atoms with van der Waals surface area (Å²) < 4.78 is 0. The van der Waals surface area contributed by atoms with Crippen LogP contribution in [0.1, 0.15) is 34.3 Å². The van der Waals surface area contributed by atoms with E-state index in [9.17, 15) is 14.9 Å². The Bertz CT molecular complexity index is 939. The Morgan fingerprint density at radius 1 is 1.10 bits per heavy atom. The number of hydrogen-bond donors (Lipinski definition) is 2. The van der Waals surface area contributed by atoms with Crippen LogP contribution in [0.25, 0.3) is 0 Å². The predicted octanol–water partition coefficient (Wildman–Crippen LogP) is 3.13. The largest absolute Gasteiger partial charge is 0.393 e. The average molecular weight is 426 g/mol. The number of nitrogens with zero attached hydrogens (tertiary/aromatic N) is 3. The molecule has 1 saturated heterocycles. The second-order valence-corrected chi connectivity index (χ2v) is 8.13. The molecule has 0 aromatic heterocycles. The van der Waals surface area contributed by atoms with Gasteiger partial charge in [0.1, 0.15) is 5.69 Å². The SMILES string of the molecule is Cc1cccc(N2CCN(CCCCNC(=O)c3cc(C)cc([N+](=O)[O-])c3N)CC2)c1. The topological polar surface area (TPSA) is 105 Å². The van der Waals surface area contributed by atoms with Gasteiger partial charge in [-0.25, -0.2) is 0 Å². The number of nitro benzene ring substituents is 1. The van der Waals surface area contributed by atoms with Gasteiger partial charge in [0.15, 0.2) is 0 Å². The summed E-state index contributed by atoms with van der Waals surface area (Å²) in [7, 11) is 0. The molecular formula is C23H31N5O3. The summed E-state index contributed by atoms with van der Waals surface area (Å²) >= 11 is 0. The van der Waals surface area contributed by atoms with Crippen molar-refractivity contribution in [2.24, 2.45) is 0 Å². The molecule has 0 unspecified atom stereocenters. The first-order valence-electron chi connectivity index (χ1n) is 10.7. The van der Waals surface area contributed by atoms with Gasteiger partial charge in [-0.05, 0) is 62.6 Å². The fourth-order valence-corrected chi connectivity index (χ4v) is 3.93. The summed E-state index contributed by atoms with van der Waals surface area (Å²) in [4.78, 5) is 27.8. The highest BCUT2D eigenvalue weighted by Crippen LogP contribution is 2.27. The summed E-state index contributed by atoms with van der Waals surface area (Å²) in [5.41, 5.74) is 8.89. The summed E-state index contributed by atoms with van der Waals surface area (Å²) in [5.74, 6) is -0.365. The van der Waals surface area contributed by atoms with Crippen molar-refractivity contribution in [1.29, 1.82) is 0 Å². The number of nitrogens with two attached hydrogens (primary N) is 1. The third-order valence-corrected chi connectivity index (χ3v) is 5.67. The first kappa shape index (κ1) is 22.6. The van der Waals surface area contributed by atoms with Gasteiger partial charge in [0.25, 0.3) is 11.6 Å². The lowest BCUT2D eigenvalue weighted by Gasteiger charge is -2.36. The number of carbonyl (C=O) groups is 1. The molecule has 1 aliphatic rings. The Kier molecular flexibility index (Phi) is 7.46. The quantitative estimate of drug-likeness (QED) is 0.291. The van der Waals surface area contributed by atoms with Crippen LogP contribution < -0.4 is 16.0 Å². The summed E-state index contributed by atoms with van der Waals surface area (Å²) in [6.07, 6.45) is 1.83. The van der Waals surface area contributed by atoms with E-state index in [1.807, 2.05) is 0 Å². The van der Waals surface area contributed by atoms with Gasteiger partial charge in [-0.3, -0.25) is 19.8 Å². The van der Waals surface area contributed by atoms with Crippen molar-refractivity contribution in [3.63, 3.8) is 0 Å². The molecule has 3 N–H and O–H groups in total. The minimum absolute atomic E-state index is 0.0837. The van der Waals surface area contributed by atoms with E-state index in [0.717, 1.165) is 45.6 Å². The van der Waals surface area contributed by atoms with Crippen molar-refractivity contribution in [1.82, 2.24) is 10.2 Å². The molecule has 2 aromatic rings. The van der Waals surface area contributed by atoms with Crippen LogP contribution in [0.15, 0.2) is 36.4 Å². The lowest BCUT2D eigenvalue weighted by atomic mass is 10.1. The Balaban J connectivity index is 1.38. The van der Waals surface area contributed by atoms with E-state index >= 15 is 0 Å². The molecule has 166 valence electrons. The van der Waals surface area contributed by atoms with Crippen molar-refractivity contribution >= 4 is 23.0 Å². The summed E-state index contributed by atoms with van der Waals surface area (Å²) in [6.45, 7) is 9.44. The maximum atomic E-state index is 12.4. The molecule has 2 aromatic carbocycles. The highest BCUT2D eigenvalue weighted by molar-refractivity contribution is 6.01. The van der Waals surface area contributed by atoms with Gasteiger partial charge >= 0.3 is 0 Å². The first-order chi connectivity index (χ1) is 14.8. The van der Waals surface area contributed by atoms with Gasteiger partial charge in [-0.1, -0.05) is 12.1 Å². The van der Waals surface area contributed by atoms with E-state index in [1.54, 1.807) is 13.0 Å². The minimum atomic E-state index is -0.558. The molecule has 0 saturated carbocycles. The van der Waals surface area contributed by atoms with E-state index in [0.29, 0.717) is 12.1 Å². The van der Waals surface area contributed by atoms with Crippen LogP contribution in [0.3, 0.4) is 0 Å².